The van der Waals surface area contributed by atoms with Gasteiger partial charge in [-0.3, -0.25) is 9.59 Å². The lowest BCUT2D eigenvalue weighted by atomic mass is 10.1. The normalized spacial score (nSPS) is 12.2. The first kappa shape index (κ1) is 11.9. The van der Waals surface area contributed by atoms with E-state index in [1.807, 2.05) is 6.92 Å². The summed E-state index contributed by atoms with van der Waals surface area (Å²) in [5, 5.41) is 10.5. The number of nitrogens with one attached hydrogen (secondary N) is 1. The molecule has 0 fully saturated rings. The van der Waals surface area contributed by atoms with Gasteiger partial charge in [0, 0.05) is 12.5 Å². The fourth-order valence-electron chi connectivity index (χ4n) is 0.847. The zero-order valence-electron chi connectivity index (χ0n) is 7.75. The number of nitrogens with two attached hydrogens (primary N) is 1. The van der Waals surface area contributed by atoms with Crippen LogP contribution in [-0.2, 0) is 9.59 Å². The molecule has 0 spiro atoms. The fourth-order valence-corrected chi connectivity index (χ4v) is 0.847. The second kappa shape index (κ2) is 6.42. The van der Waals surface area contributed by atoms with Gasteiger partial charge < -0.3 is 16.2 Å². The van der Waals surface area contributed by atoms with Crippen LogP contribution in [0.15, 0.2) is 0 Å². The molecule has 0 heterocycles. The van der Waals surface area contributed by atoms with Crippen molar-refractivity contribution in [2.24, 2.45) is 5.73 Å². The second-order valence-electron chi connectivity index (χ2n) is 3.04. The summed E-state index contributed by atoms with van der Waals surface area (Å²) in [6.07, 6.45) is 1.82. The van der Waals surface area contributed by atoms with Gasteiger partial charge in [0.05, 0.1) is 0 Å². The van der Waals surface area contributed by atoms with Crippen LogP contribution < -0.4 is 11.1 Å². The topological polar surface area (TPSA) is 92.4 Å². The molecule has 13 heavy (non-hydrogen) atoms. The van der Waals surface area contributed by atoms with Gasteiger partial charge in [-0.2, -0.15) is 0 Å². The van der Waals surface area contributed by atoms with Gasteiger partial charge in [0.2, 0.25) is 5.91 Å². The van der Waals surface area contributed by atoms with E-state index in [0.717, 1.165) is 6.42 Å². The Morgan fingerprint density at radius 1 is 1.54 bits per heavy atom. The molecule has 0 saturated carbocycles. The third-order valence-corrected chi connectivity index (χ3v) is 1.50. The first-order valence-electron chi connectivity index (χ1n) is 4.26. The summed E-state index contributed by atoms with van der Waals surface area (Å²) < 4.78 is 0. The van der Waals surface area contributed by atoms with E-state index >= 15 is 0 Å². The average Bonchev–Trinajstić information content (AvgIpc) is 2.00. The van der Waals surface area contributed by atoms with Crippen LogP contribution in [0.1, 0.15) is 26.2 Å². The van der Waals surface area contributed by atoms with Gasteiger partial charge in [-0.05, 0) is 19.8 Å². The van der Waals surface area contributed by atoms with Crippen LogP contribution in [0, 0.1) is 0 Å². The van der Waals surface area contributed by atoms with Crippen molar-refractivity contribution in [3.05, 3.63) is 0 Å². The molecule has 0 bridgehead atoms. The van der Waals surface area contributed by atoms with Crippen molar-refractivity contribution < 1.29 is 14.7 Å². The molecule has 0 saturated heterocycles. The van der Waals surface area contributed by atoms with E-state index in [-0.39, 0.29) is 18.5 Å². The highest BCUT2D eigenvalue weighted by Crippen LogP contribution is 1.97. The predicted molar refractivity (Wildman–Crippen MR) is 48.1 cm³/mol. The maximum absolute atomic E-state index is 10.9. The smallest absolute Gasteiger partial charge is 0.322 e. The number of hydrogen-bond acceptors (Lipinski definition) is 3. The number of hydrogen-bond donors (Lipinski definition) is 3. The second-order valence-corrected chi connectivity index (χ2v) is 3.04. The van der Waals surface area contributed by atoms with Crippen molar-refractivity contribution in [2.75, 3.05) is 6.54 Å². The molecule has 5 heteroatoms. The van der Waals surface area contributed by atoms with Gasteiger partial charge in [-0.25, -0.2) is 0 Å². The molecular formula is C8H16N2O3. The lowest BCUT2D eigenvalue weighted by Gasteiger charge is -2.04. The van der Waals surface area contributed by atoms with E-state index in [1.54, 1.807) is 0 Å². The van der Waals surface area contributed by atoms with E-state index in [0.29, 0.717) is 12.8 Å². The van der Waals surface area contributed by atoms with E-state index in [4.69, 9.17) is 10.8 Å². The van der Waals surface area contributed by atoms with Crippen molar-refractivity contribution in [3.63, 3.8) is 0 Å². The van der Waals surface area contributed by atoms with Crippen LogP contribution >= 0.6 is 0 Å². The zero-order chi connectivity index (χ0) is 10.3. The highest BCUT2D eigenvalue weighted by molar-refractivity contribution is 5.80. The standard InChI is InChI=1S/C8H16N2O3/c1-6(9)3-2-4-7(11)10-5-8(12)13/h6H,2-5,9H2,1H3,(H,10,11)(H,12,13). The third-order valence-electron chi connectivity index (χ3n) is 1.50. The minimum Gasteiger partial charge on any atom is -0.480 e. The van der Waals surface area contributed by atoms with Crippen molar-refractivity contribution in [3.8, 4) is 0 Å². The van der Waals surface area contributed by atoms with E-state index in [9.17, 15) is 9.59 Å². The maximum Gasteiger partial charge on any atom is 0.322 e. The quantitative estimate of drug-likeness (QED) is 0.533. The molecule has 0 aliphatic rings. The van der Waals surface area contributed by atoms with Crippen molar-refractivity contribution in [1.82, 2.24) is 5.32 Å². The van der Waals surface area contributed by atoms with Crippen LogP contribution in [-0.4, -0.2) is 29.6 Å². The average molecular weight is 188 g/mol. The Bertz CT molecular complexity index is 180. The number of aliphatic carboxylic acids is 1. The Balaban J connectivity index is 3.36. The van der Waals surface area contributed by atoms with Gasteiger partial charge in [0.1, 0.15) is 6.54 Å². The molecule has 4 N–H and O–H groups in total. The molecule has 1 unspecified atom stereocenters. The number of carbonyl (C=O) groups is 2. The first-order chi connectivity index (χ1) is 6.02. The van der Waals surface area contributed by atoms with E-state index in [1.165, 1.54) is 0 Å². The first-order valence-corrected chi connectivity index (χ1v) is 4.26. The molecule has 0 aromatic carbocycles. The lowest BCUT2D eigenvalue weighted by molar-refractivity contribution is -0.137. The summed E-state index contributed by atoms with van der Waals surface area (Å²) in [6.45, 7) is 1.56. The molecule has 1 amide bonds. The van der Waals surface area contributed by atoms with Gasteiger partial charge in [0.15, 0.2) is 0 Å². The summed E-state index contributed by atoms with van der Waals surface area (Å²) in [4.78, 5) is 21.0. The molecular weight excluding hydrogens is 172 g/mol. The molecule has 76 valence electrons. The lowest BCUT2D eigenvalue weighted by Crippen LogP contribution is -2.29. The van der Waals surface area contributed by atoms with Crippen molar-refractivity contribution in [1.29, 1.82) is 0 Å². The SMILES string of the molecule is CC(N)CCCC(=O)NCC(=O)O. The minimum atomic E-state index is -1.03. The molecule has 1 atom stereocenters. The van der Waals surface area contributed by atoms with Gasteiger partial charge in [0.25, 0.3) is 0 Å². The maximum atomic E-state index is 10.9. The fraction of sp³-hybridized carbons (Fsp3) is 0.750. The summed E-state index contributed by atoms with van der Waals surface area (Å²) in [7, 11) is 0. The van der Waals surface area contributed by atoms with Crippen LogP contribution in [0.5, 0.6) is 0 Å². The van der Waals surface area contributed by atoms with E-state index in [2.05, 4.69) is 5.32 Å². The Morgan fingerprint density at radius 3 is 2.62 bits per heavy atom. The Hall–Kier alpha value is -1.10. The van der Waals surface area contributed by atoms with Gasteiger partial charge in [-0.1, -0.05) is 0 Å². The summed E-state index contributed by atoms with van der Waals surface area (Å²) in [5.41, 5.74) is 5.47. The minimum absolute atomic E-state index is 0.0901. The van der Waals surface area contributed by atoms with Crippen LogP contribution in [0.3, 0.4) is 0 Å². The van der Waals surface area contributed by atoms with Gasteiger partial charge >= 0.3 is 5.97 Å². The summed E-state index contributed by atoms with van der Waals surface area (Å²) in [5.74, 6) is -1.26. The molecule has 5 nitrogen and oxygen atoms in total. The molecule has 0 radical (unpaired) electrons. The third kappa shape index (κ3) is 8.81. The molecule has 0 aromatic rings. The van der Waals surface area contributed by atoms with Crippen molar-refractivity contribution in [2.45, 2.75) is 32.2 Å². The number of amides is 1. The molecule has 0 aromatic heterocycles. The molecule has 0 rings (SSSR count). The predicted octanol–water partition coefficient (Wildman–Crippen LogP) is -0.295. The Labute approximate surface area is 77.3 Å². The van der Waals surface area contributed by atoms with E-state index < -0.39 is 5.97 Å². The highest BCUT2D eigenvalue weighted by Gasteiger charge is 2.03. The molecule has 0 aliphatic carbocycles. The Morgan fingerprint density at radius 2 is 2.15 bits per heavy atom. The van der Waals surface area contributed by atoms with Crippen LogP contribution in [0.25, 0.3) is 0 Å². The summed E-state index contributed by atoms with van der Waals surface area (Å²) in [6, 6.07) is 0.0901. The van der Waals surface area contributed by atoms with Crippen LogP contribution in [0.2, 0.25) is 0 Å². The monoisotopic (exact) mass is 188 g/mol. The number of carboxylic acid groups (broad SMARTS) is 1. The van der Waals surface area contributed by atoms with Gasteiger partial charge in [-0.15, -0.1) is 0 Å². The van der Waals surface area contributed by atoms with Crippen molar-refractivity contribution >= 4 is 11.9 Å². The van der Waals surface area contributed by atoms with Crippen LogP contribution in [0.4, 0.5) is 0 Å². The highest BCUT2D eigenvalue weighted by atomic mass is 16.4. The molecule has 0 aliphatic heterocycles. The number of carbonyl (C=O) groups excluding carboxylic acids is 1. The number of carboxylic acids is 1. The number of rotatable bonds is 6. The Kier molecular flexibility index (Phi) is 5.88. The summed E-state index contributed by atoms with van der Waals surface area (Å²) >= 11 is 0. The zero-order valence-corrected chi connectivity index (χ0v) is 7.75. The largest absolute Gasteiger partial charge is 0.480 e.